The van der Waals surface area contributed by atoms with Crippen molar-refractivity contribution in [2.75, 3.05) is 19.0 Å². The molecule has 1 aromatic carbocycles. The van der Waals surface area contributed by atoms with Gasteiger partial charge in [-0.05, 0) is 69.0 Å². The number of aromatic nitrogens is 3. The van der Waals surface area contributed by atoms with Crippen LogP contribution in [0.25, 0.3) is 0 Å². The van der Waals surface area contributed by atoms with Crippen LogP contribution in [0, 0.1) is 0 Å². The Balaban J connectivity index is 1.85. The number of esters is 1. The molecule has 0 aliphatic carbocycles. The normalized spacial score (nSPS) is 11.2. The van der Waals surface area contributed by atoms with Crippen LogP contribution in [0.2, 0.25) is 0 Å². The minimum atomic E-state index is -0.651. The average molecular weight is 468 g/mol. The van der Waals surface area contributed by atoms with Gasteiger partial charge in [0.2, 0.25) is 0 Å². The summed E-state index contributed by atoms with van der Waals surface area (Å²) in [6.07, 6.45) is 4.67. The second-order valence-corrected chi connectivity index (χ2v) is 8.88. The number of hydrogen-bond acceptors (Lipinski definition) is 6. The lowest BCUT2D eigenvalue weighted by Gasteiger charge is -2.19. The quantitative estimate of drug-likeness (QED) is 0.336. The molecule has 0 unspecified atom stereocenters. The molecule has 9 nitrogen and oxygen atoms in total. The fourth-order valence-electron chi connectivity index (χ4n) is 3.58. The molecule has 0 saturated heterocycles. The van der Waals surface area contributed by atoms with Crippen molar-refractivity contribution in [1.82, 2.24) is 20.5 Å². The molecule has 3 aromatic rings. The molecule has 182 valence electrons. The van der Waals surface area contributed by atoms with E-state index in [1.165, 1.54) is 0 Å². The molecule has 0 aliphatic rings. The number of hydrogen-bond donors (Lipinski definition) is 4. The summed E-state index contributed by atoms with van der Waals surface area (Å²) < 4.78 is 10.8. The van der Waals surface area contributed by atoms with Gasteiger partial charge in [0.25, 0.3) is 5.91 Å². The first-order chi connectivity index (χ1) is 16.2. The molecule has 4 N–H and O–H groups in total. The van der Waals surface area contributed by atoms with Crippen LogP contribution in [0.5, 0.6) is 5.75 Å². The number of benzene rings is 1. The number of rotatable bonds is 10. The van der Waals surface area contributed by atoms with Gasteiger partial charge in [0.05, 0.1) is 25.4 Å². The van der Waals surface area contributed by atoms with Crippen LogP contribution in [0.3, 0.4) is 0 Å². The Kier molecular flexibility index (Phi) is 7.99. The third kappa shape index (κ3) is 6.40. The molecule has 0 fully saturated rings. The van der Waals surface area contributed by atoms with Gasteiger partial charge in [-0.25, -0.2) is 4.79 Å². The van der Waals surface area contributed by atoms with Gasteiger partial charge >= 0.3 is 5.97 Å². The molecule has 0 saturated carbocycles. The summed E-state index contributed by atoms with van der Waals surface area (Å²) in [5.74, 6) is 0.0361. The van der Waals surface area contributed by atoms with Gasteiger partial charge in [-0.15, -0.1) is 0 Å². The second-order valence-electron chi connectivity index (χ2n) is 8.88. The molecule has 0 aliphatic heterocycles. The van der Waals surface area contributed by atoms with Crippen LogP contribution in [0.4, 0.5) is 5.69 Å². The number of ether oxygens (including phenoxy) is 2. The summed E-state index contributed by atoms with van der Waals surface area (Å²) in [7, 11) is 1.61. The van der Waals surface area contributed by atoms with E-state index in [9.17, 15) is 9.59 Å². The fourth-order valence-corrected chi connectivity index (χ4v) is 3.58. The molecule has 2 aromatic heterocycles. The predicted molar refractivity (Wildman–Crippen MR) is 130 cm³/mol. The van der Waals surface area contributed by atoms with E-state index in [4.69, 9.17) is 9.47 Å². The van der Waals surface area contributed by atoms with E-state index in [0.29, 0.717) is 48.4 Å². The molecule has 2 heterocycles. The van der Waals surface area contributed by atoms with Crippen LogP contribution in [0.1, 0.15) is 65.4 Å². The summed E-state index contributed by atoms with van der Waals surface area (Å²) in [6.45, 7) is 8.13. The zero-order valence-corrected chi connectivity index (χ0v) is 20.4. The van der Waals surface area contributed by atoms with E-state index in [1.807, 2.05) is 52.0 Å². The van der Waals surface area contributed by atoms with Gasteiger partial charge in [-0.1, -0.05) is 6.92 Å². The number of methoxy groups -OCH3 is 1. The van der Waals surface area contributed by atoms with E-state index in [-0.39, 0.29) is 5.91 Å². The van der Waals surface area contributed by atoms with E-state index in [0.717, 1.165) is 17.0 Å². The number of H-pyrrole nitrogens is 2. The molecule has 0 bridgehead atoms. The molecular formula is C25H33N5O4. The monoisotopic (exact) mass is 467 g/mol. The smallest absolute Gasteiger partial charge is 0.355 e. The number of carbonyl (C=O) groups is 2. The highest BCUT2D eigenvalue weighted by Gasteiger charge is 2.28. The van der Waals surface area contributed by atoms with Crippen molar-refractivity contribution >= 4 is 17.6 Å². The van der Waals surface area contributed by atoms with E-state index >= 15 is 0 Å². The highest BCUT2D eigenvalue weighted by atomic mass is 16.6. The summed E-state index contributed by atoms with van der Waals surface area (Å²) in [6, 6.07) is 7.48. The molecule has 9 heteroatoms. The molecule has 34 heavy (non-hydrogen) atoms. The predicted octanol–water partition coefficient (Wildman–Crippen LogP) is 3.85. The lowest BCUT2D eigenvalue weighted by molar-refractivity contribution is 0.00622. The largest absolute Gasteiger partial charge is 0.497 e. The average Bonchev–Trinajstić information content (AvgIpc) is 3.44. The Labute approximate surface area is 199 Å². The van der Waals surface area contributed by atoms with Gasteiger partial charge in [0.1, 0.15) is 17.0 Å². The molecule has 0 radical (unpaired) electrons. The lowest BCUT2D eigenvalue weighted by Crippen LogP contribution is -2.28. The maximum absolute atomic E-state index is 13.2. The fraction of sp³-hybridized carbons (Fsp3) is 0.400. The highest BCUT2D eigenvalue weighted by molar-refractivity contribution is 6.01. The Morgan fingerprint density at radius 1 is 1.15 bits per heavy atom. The van der Waals surface area contributed by atoms with Gasteiger partial charge in [-0.2, -0.15) is 5.10 Å². The van der Waals surface area contributed by atoms with E-state index in [2.05, 4.69) is 25.8 Å². The van der Waals surface area contributed by atoms with E-state index in [1.54, 1.807) is 19.5 Å². The third-order valence-electron chi connectivity index (χ3n) is 5.18. The Morgan fingerprint density at radius 3 is 2.47 bits per heavy atom. The summed E-state index contributed by atoms with van der Waals surface area (Å²) >= 11 is 0. The Hall–Kier alpha value is -3.75. The number of amides is 1. The Bertz CT molecular complexity index is 1100. The van der Waals surface area contributed by atoms with Crippen molar-refractivity contribution in [2.45, 2.75) is 52.7 Å². The Morgan fingerprint density at radius 2 is 1.88 bits per heavy atom. The number of anilines is 1. The van der Waals surface area contributed by atoms with Gasteiger partial charge in [0, 0.05) is 24.1 Å². The first-order valence-corrected chi connectivity index (χ1v) is 11.3. The highest BCUT2D eigenvalue weighted by Crippen LogP contribution is 2.24. The summed E-state index contributed by atoms with van der Waals surface area (Å²) in [4.78, 5) is 29.3. The van der Waals surface area contributed by atoms with Crippen molar-refractivity contribution in [3.05, 3.63) is 64.7 Å². The van der Waals surface area contributed by atoms with Crippen molar-refractivity contribution < 1.29 is 19.1 Å². The number of nitrogens with one attached hydrogen (secondary N) is 4. The standard InChI is InChI=1S/C25H33N5O4/c1-6-19-21(23(31)26-12-11-16-13-28-29-14-16)20(30-22(19)24(32)34-25(2,3)4)15-27-17-7-9-18(33-5)10-8-17/h7-10,13-14,27,30H,6,11-12,15H2,1-5H3,(H,26,31)(H,28,29). The summed E-state index contributed by atoms with van der Waals surface area (Å²) in [5, 5.41) is 13.0. The topological polar surface area (TPSA) is 121 Å². The maximum atomic E-state index is 13.2. The molecule has 0 spiro atoms. The lowest BCUT2D eigenvalue weighted by atomic mass is 10.0. The van der Waals surface area contributed by atoms with Crippen LogP contribution < -0.4 is 15.4 Å². The minimum Gasteiger partial charge on any atom is -0.497 e. The van der Waals surface area contributed by atoms with Crippen molar-refractivity contribution in [3.8, 4) is 5.75 Å². The number of nitrogens with zero attached hydrogens (tertiary/aromatic N) is 1. The van der Waals surface area contributed by atoms with Crippen LogP contribution >= 0.6 is 0 Å². The van der Waals surface area contributed by atoms with E-state index < -0.39 is 11.6 Å². The van der Waals surface area contributed by atoms with Crippen LogP contribution in [-0.2, 0) is 24.1 Å². The van der Waals surface area contributed by atoms with Gasteiger partial charge in [0.15, 0.2) is 0 Å². The first kappa shape index (κ1) is 24.9. The third-order valence-corrected chi connectivity index (χ3v) is 5.18. The zero-order valence-electron chi connectivity index (χ0n) is 20.4. The maximum Gasteiger partial charge on any atom is 0.355 e. The number of aromatic amines is 2. The molecule has 0 atom stereocenters. The minimum absolute atomic E-state index is 0.238. The van der Waals surface area contributed by atoms with Crippen molar-refractivity contribution in [2.24, 2.45) is 0 Å². The van der Waals surface area contributed by atoms with Crippen molar-refractivity contribution in [1.29, 1.82) is 0 Å². The first-order valence-electron chi connectivity index (χ1n) is 11.3. The SMILES string of the molecule is CCc1c(C(=O)OC(C)(C)C)[nH]c(CNc2ccc(OC)cc2)c1C(=O)NCCc1cn[nH]c1. The molecular weight excluding hydrogens is 434 g/mol. The van der Waals surface area contributed by atoms with Crippen LogP contribution in [0.15, 0.2) is 36.7 Å². The zero-order chi connectivity index (χ0) is 24.7. The second kappa shape index (κ2) is 10.9. The van der Waals surface area contributed by atoms with Crippen LogP contribution in [-0.4, -0.2) is 46.3 Å². The van der Waals surface area contributed by atoms with Gasteiger partial charge in [-0.3, -0.25) is 9.89 Å². The molecule has 1 amide bonds. The number of carbonyl (C=O) groups excluding carboxylic acids is 2. The van der Waals surface area contributed by atoms with Gasteiger partial charge < -0.3 is 25.1 Å². The summed E-state index contributed by atoms with van der Waals surface area (Å²) in [5.41, 5.74) is 3.25. The molecule has 3 rings (SSSR count). The van der Waals surface area contributed by atoms with Crippen molar-refractivity contribution in [3.63, 3.8) is 0 Å².